The Morgan fingerprint density at radius 2 is 1.68 bits per heavy atom. The van der Waals surface area contributed by atoms with Gasteiger partial charge in [0, 0.05) is 18.3 Å². The number of Topliss-reactive ketones (excluding diaryl/α,β-unsaturated/α-hetero) is 1. The van der Waals surface area contributed by atoms with E-state index in [2.05, 4.69) is 4.90 Å². The van der Waals surface area contributed by atoms with E-state index in [1.807, 2.05) is 73.5 Å². The van der Waals surface area contributed by atoms with Gasteiger partial charge >= 0.3 is 5.97 Å². The van der Waals surface area contributed by atoms with Gasteiger partial charge in [0.1, 0.15) is 4.91 Å². The van der Waals surface area contributed by atoms with Gasteiger partial charge in [0.2, 0.25) is 4.33 Å². The highest BCUT2D eigenvalue weighted by Gasteiger charge is 2.57. The lowest BCUT2D eigenvalue weighted by molar-refractivity contribution is -0.137. The van der Waals surface area contributed by atoms with Crippen LogP contribution in [0.1, 0.15) is 26.3 Å². The molecule has 0 amide bonds. The van der Waals surface area contributed by atoms with Crippen LogP contribution < -0.4 is 9.91 Å². The lowest BCUT2D eigenvalue weighted by Gasteiger charge is -2.41. The standard InChI is InChI=1S/C23H23N3O3S2/c1-5-29-22(28)20-16(3)25(18-9-7-6-8-10-18)23(30-20)26(24-21(31-23)17(4)27)19-13-11-15(2)12-14-19/h6-14H,5H2,1-4H3/t23-/m0/s1. The Labute approximate surface area is 190 Å². The van der Waals surface area contributed by atoms with Gasteiger partial charge in [0.15, 0.2) is 10.8 Å². The normalized spacial score (nSPS) is 20.5. The van der Waals surface area contributed by atoms with E-state index < -0.39 is 4.33 Å². The van der Waals surface area contributed by atoms with Gasteiger partial charge in [-0.25, -0.2) is 9.80 Å². The summed E-state index contributed by atoms with van der Waals surface area (Å²) < 4.78 is 4.44. The summed E-state index contributed by atoms with van der Waals surface area (Å²) in [6.45, 7) is 7.52. The van der Waals surface area contributed by atoms with Crippen LogP contribution >= 0.6 is 23.5 Å². The van der Waals surface area contributed by atoms with Crippen molar-refractivity contribution in [3.05, 3.63) is 70.8 Å². The van der Waals surface area contributed by atoms with Gasteiger partial charge in [-0.05, 0) is 56.8 Å². The number of nitrogens with zero attached hydrogens (tertiary/aromatic N) is 3. The molecule has 2 aromatic rings. The van der Waals surface area contributed by atoms with Crippen molar-refractivity contribution < 1.29 is 14.3 Å². The molecule has 0 radical (unpaired) electrons. The number of anilines is 2. The van der Waals surface area contributed by atoms with Crippen LogP contribution in [0.2, 0.25) is 0 Å². The molecule has 6 nitrogen and oxygen atoms in total. The van der Waals surface area contributed by atoms with E-state index in [-0.39, 0.29) is 11.8 Å². The molecule has 31 heavy (non-hydrogen) atoms. The van der Waals surface area contributed by atoms with Crippen LogP contribution in [0.3, 0.4) is 0 Å². The Hall–Kier alpha value is -2.71. The number of rotatable bonds is 5. The highest BCUT2D eigenvalue weighted by atomic mass is 32.2. The second-order valence-corrected chi connectivity index (χ2v) is 9.77. The molecule has 8 heteroatoms. The molecule has 1 spiro atoms. The Morgan fingerprint density at radius 1 is 1.00 bits per heavy atom. The fraction of sp³-hybridized carbons (Fsp3) is 0.261. The second kappa shape index (κ2) is 8.43. The highest BCUT2D eigenvalue weighted by molar-refractivity contribution is 8.29. The number of ketones is 1. The first-order valence-corrected chi connectivity index (χ1v) is 11.6. The predicted octanol–water partition coefficient (Wildman–Crippen LogP) is 5.11. The minimum atomic E-state index is -0.899. The van der Waals surface area contributed by atoms with Gasteiger partial charge in [0.25, 0.3) is 0 Å². The summed E-state index contributed by atoms with van der Waals surface area (Å²) in [5.74, 6) is -0.488. The van der Waals surface area contributed by atoms with E-state index in [4.69, 9.17) is 9.84 Å². The van der Waals surface area contributed by atoms with E-state index in [1.54, 1.807) is 6.92 Å². The molecule has 2 aliphatic rings. The molecule has 160 valence electrons. The van der Waals surface area contributed by atoms with Crippen LogP contribution in [0, 0.1) is 6.92 Å². The van der Waals surface area contributed by atoms with Crippen molar-refractivity contribution in [2.75, 3.05) is 16.5 Å². The number of hydrazone groups is 1. The van der Waals surface area contributed by atoms with Crippen LogP contribution in [-0.4, -0.2) is 27.7 Å². The number of hydrogen-bond donors (Lipinski definition) is 0. The number of benzene rings is 2. The van der Waals surface area contributed by atoms with E-state index in [9.17, 15) is 9.59 Å². The molecule has 0 aliphatic carbocycles. The zero-order valence-electron chi connectivity index (χ0n) is 17.8. The van der Waals surface area contributed by atoms with E-state index >= 15 is 0 Å². The Kier molecular flexibility index (Phi) is 5.85. The summed E-state index contributed by atoms with van der Waals surface area (Å²) in [5, 5.41) is 6.92. The van der Waals surface area contributed by atoms with Gasteiger partial charge in [0.05, 0.1) is 12.3 Å². The summed E-state index contributed by atoms with van der Waals surface area (Å²) in [5.41, 5.74) is 3.62. The zero-order valence-corrected chi connectivity index (χ0v) is 19.4. The average Bonchev–Trinajstić information content (AvgIpc) is 3.28. The molecule has 1 atom stereocenters. The van der Waals surface area contributed by atoms with Crippen LogP contribution in [0.4, 0.5) is 11.4 Å². The molecule has 0 fully saturated rings. The van der Waals surface area contributed by atoms with Crippen molar-refractivity contribution in [1.29, 1.82) is 0 Å². The first kappa shape index (κ1) is 21.5. The molecular weight excluding hydrogens is 430 g/mol. The minimum absolute atomic E-state index is 0.116. The van der Waals surface area contributed by atoms with Crippen molar-refractivity contribution in [1.82, 2.24) is 0 Å². The summed E-state index contributed by atoms with van der Waals surface area (Å²) in [6, 6.07) is 17.8. The van der Waals surface area contributed by atoms with Crippen molar-refractivity contribution in [2.45, 2.75) is 32.0 Å². The predicted molar refractivity (Wildman–Crippen MR) is 128 cm³/mol. The summed E-state index contributed by atoms with van der Waals surface area (Å²) >= 11 is 2.71. The molecule has 4 rings (SSSR count). The minimum Gasteiger partial charge on any atom is -0.462 e. The maximum atomic E-state index is 12.8. The van der Waals surface area contributed by atoms with E-state index in [0.717, 1.165) is 22.6 Å². The fourth-order valence-electron chi connectivity index (χ4n) is 3.48. The highest BCUT2D eigenvalue weighted by Crippen LogP contribution is 2.60. The van der Waals surface area contributed by atoms with Crippen molar-refractivity contribution in [3.63, 3.8) is 0 Å². The topological polar surface area (TPSA) is 62.2 Å². The van der Waals surface area contributed by atoms with Crippen molar-refractivity contribution >= 4 is 51.7 Å². The summed E-state index contributed by atoms with van der Waals surface area (Å²) in [7, 11) is 0. The van der Waals surface area contributed by atoms with Crippen LogP contribution in [0.25, 0.3) is 0 Å². The van der Waals surface area contributed by atoms with E-state index in [1.165, 1.54) is 30.4 Å². The average molecular weight is 454 g/mol. The fourth-order valence-corrected chi connectivity index (χ4v) is 6.43. The maximum absolute atomic E-state index is 12.8. The molecule has 2 heterocycles. The molecule has 2 aromatic carbocycles. The number of ether oxygens (including phenoxy) is 1. The first-order chi connectivity index (χ1) is 14.9. The van der Waals surface area contributed by atoms with Crippen LogP contribution in [-0.2, 0) is 14.3 Å². The zero-order chi connectivity index (χ0) is 22.2. The number of carbonyl (C=O) groups is 2. The van der Waals surface area contributed by atoms with Gasteiger partial charge in [-0.1, -0.05) is 47.7 Å². The van der Waals surface area contributed by atoms with Crippen LogP contribution in [0.5, 0.6) is 0 Å². The SMILES string of the molecule is CCOC(=O)C1=C(C)N(c2ccccc2)[C@@]2(SC(C(C)=O)=NN2c2ccc(C)cc2)S1. The first-order valence-electron chi connectivity index (χ1n) is 9.95. The molecule has 0 N–H and O–H groups in total. The number of aryl methyl sites for hydroxylation is 1. The monoisotopic (exact) mass is 453 g/mol. The summed E-state index contributed by atoms with van der Waals surface area (Å²) in [6.07, 6.45) is 0. The number of hydrogen-bond acceptors (Lipinski definition) is 8. The Bertz CT molecular complexity index is 1080. The second-order valence-electron chi connectivity index (χ2n) is 7.17. The van der Waals surface area contributed by atoms with Crippen LogP contribution in [0.15, 0.2) is 70.3 Å². The number of thioether (sulfide) groups is 2. The lowest BCUT2D eigenvalue weighted by atomic mass is 10.2. The number of esters is 1. The Balaban J connectivity index is 1.89. The van der Waals surface area contributed by atoms with Gasteiger partial charge in [-0.15, -0.1) is 0 Å². The van der Waals surface area contributed by atoms with E-state index in [0.29, 0.717) is 16.6 Å². The van der Waals surface area contributed by atoms with Crippen molar-refractivity contribution in [2.24, 2.45) is 5.10 Å². The third-order valence-electron chi connectivity index (χ3n) is 4.92. The number of allylic oxidation sites excluding steroid dienone is 1. The molecule has 0 aromatic heterocycles. The quantitative estimate of drug-likeness (QED) is 0.583. The summed E-state index contributed by atoms with van der Waals surface area (Å²) in [4.78, 5) is 27.7. The third-order valence-corrected chi connectivity index (χ3v) is 7.90. The number of para-hydroxylation sites is 1. The van der Waals surface area contributed by atoms with Gasteiger partial charge in [-0.2, -0.15) is 5.10 Å². The molecule has 0 saturated heterocycles. The largest absolute Gasteiger partial charge is 0.462 e. The molecule has 0 saturated carbocycles. The third kappa shape index (κ3) is 3.74. The molecule has 0 unspecified atom stereocenters. The van der Waals surface area contributed by atoms with Crippen molar-refractivity contribution in [3.8, 4) is 0 Å². The molecule has 2 aliphatic heterocycles. The van der Waals surface area contributed by atoms with Gasteiger partial charge < -0.3 is 9.64 Å². The Morgan fingerprint density at radius 3 is 2.29 bits per heavy atom. The molecular formula is C23H23N3O3S2. The number of carbonyl (C=O) groups excluding carboxylic acids is 2. The lowest BCUT2D eigenvalue weighted by Crippen LogP contribution is -2.49. The maximum Gasteiger partial charge on any atom is 0.346 e. The molecule has 0 bridgehead atoms. The smallest absolute Gasteiger partial charge is 0.346 e. The van der Waals surface area contributed by atoms with Gasteiger partial charge in [-0.3, -0.25) is 4.79 Å².